The predicted octanol–water partition coefficient (Wildman–Crippen LogP) is 0.904. The first kappa shape index (κ1) is 14.6. The van der Waals surface area contributed by atoms with Gasteiger partial charge in [0.1, 0.15) is 3.74 Å². The monoisotopic (exact) mass is 332 g/mol. The normalized spacial score (nSPS) is 23.1. The van der Waals surface area contributed by atoms with Crippen molar-refractivity contribution in [1.82, 2.24) is 0 Å². The van der Waals surface area contributed by atoms with Crippen LogP contribution in [0.5, 0.6) is 0 Å². The van der Waals surface area contributed by atoms with Gasteiger partial charge in [-0.3, -0.25) is 0 Å². The average Bonchev–Trinajstić information content (AvgIpc) is 2.77. The molecule has 0 bridgehead atoms. The predicted molar refractivity (Wildman–Crippen MR) is 73.1 cm³/mol. The summed E-state index contributed by atoms with van der Waals surface area (Å²) in [5.41, 5.74) is 2.24. The number of hydrogen-bond donors (Lipinski definition) is 0. The van der Waals surface area contributed by atoms with E-state index in [0.717, 1.165) is 41.0 Å². The topological polar surface area (TPSA) is 78.4 Å². The minimum Gasteiger partial charge on any atom is -0.182 e. The second-order valence-electron chi connectivity index (χ2n) is 4.56. The molecule has 7 heteroatoms. The Morgan fingerprint density at radius 2 is 1.75 bits per heavy atom. The van der Waals surface area contributed by atoms with Gasteiger partial charge in [0.25, 0.3) is 0 Å². The molecule has 0 spiro atoms. The number of halogens is 1. The van der Waals surface area contributed by atoms with Crippen molar-refractivity contribution >= 4 is 30.4 Å². The summed E-state index contributed by atoms with van der Waals surface area (Å²) in [6, 6.07) is 9.84. The lowest BCUT2D eigenvalue weighted by Gasteiger charge is -2.16. The first-order valence-electron chi connectivity index (χ1n) is 6.23. The summed E-state index contributed by atoms with van der Waals surface area (Å²) in [6.45, 7) is 0. The molecular weight excluding hydrogens is 320 g/mol. The third-order valence-corrected chi connectivity index (χ3v) is 7.97. The molecule has 1 saturated carbocycles. The van der Waals surface area contributed by atoms with E-state index in [1.165, 1.54) is 16.4 Å². The molecule has 1 unspecified atom stereocenters. The molecule has 1 aliphatic heterocycles. The summed E-state index contributed by atoms with van der Waals surface area (Å²) in [5.74, 6) is 0. The van der Waals surface area contributed by atoms with Crippen LogP contribution in [0.4, 0.5) is 0 Å². The fraction of sp³-hybridized carbons (Fsp3) is 0.308. The Labute approximate surface area is 125 Å². The number of allylic oxidation sites excluding steroid dienone is 1. The standard InChI is InChI=1S/C13H13ClO4S2/c15-14(16,17)18-20-12-9-5-4-8-11(12)13(19-20)10-6-2-1-3-7-10/h1-3,6-7H,4-5,8-9H2. The maximum absolute atomic E-state index is 10.9. The number of fused-ring (bicyclic) bond motifs is 1. The third kappa shape index (κ3) is 3.12. The summed E-state index contributed by atoms with van der Waals surface area (Å²) in [4.78, 5) is 2.05. The van der Waals surface area contributed by atoms with E-state index in [1.54, 1.807) is 0 Å². The van der Waals surface area contributed by atoms with Crippen LogP contribution in [0.25, 0.3) is 4.91 Å². The molecule has 1 aromatic rings. The van der Waals surface area contributed by atoms with Gasteiger partial charge >= 0.3 is 0 Å². The van der Waals surface area contributed by atoms with Crippen molar-refractivity contribution < 1.29 is 28.0 Å². The molecule has 1 aliphatic carbocycles. The number of rotatable bonds is 3. The zero-order valence-corrected chi connectivity index (χ0v) is 12.9. The lowest BCUT2D eigenvalue weighted by Crippen LogP contribution is -2.60. The Kier molecular flexibility index (Phi) is 4.24. The first-order valence-corrected chi connectivity index (χ1v) is 9.94. The van der Waals surface area contributed by atoms with Gasteiger partial charge in [-0.1, -0.05) is 30.3 Å². The van der Waals surface area contributed by atoms with E-state index in [-0.39, 0.29) is 0 Å². The smallest absolute Gasteiger partial charge is 0.175 e. The number of benzene rings is 1. The molecule has 4 nitrogen and oxygen atoms in total. The largest absolute Gasteiger partial charge is 0.182 e. The molecule has 1 atom stereocenters. The molecule has 0 saturated heterocycles. The third-order valence-electron chi connectivity index (χ3n) is 3.22. The van der Waals surface area contributed by atoms with Crippen LogP contribution < -0.4 is 14.0 Å². The zero-order chi connectivity index (χ0) is 14.2. The molecule has 0 aromatic heterocycles. The van der Waals surface area contributed by atoms with Crippen LogP contribution in [0.2, 0.25) is 0 Å². The Balaban J connectivity index is 1.95. The molecule has 2 aliphatic rings. The van der Waals surface area contributed by atoms with Crippen molar-refractivity contribution in [2.45, 2.75) is 25.7 Å². The van der Waals surface area contributed by atoms with E-state index < -0.39 is 20.0 Å². The van der Waals surface area contributed by atoms with Crippen LogP contribution in [0, 0.1) is 10.2 Å². The molecular formula is C13H13ClO4S2. The van der Waals surface area contributed by atoms with Gasteiger partial charge in [-0.05, 0) is 47.6 Å². The van der Waals surface area contributed by atoms with Gasteiger partial charge in [-0.25, -0.2) is 0 Å². The van der Waals surface area contributed by atoms with Crippen molar-refractivity contribution in [3.05, 3.63) is 41.5 Å². The Hall–Kier alpha value is -0.340. The van der Waals surface area contributed by atoms with E-state index in [4.69, 9.17) is 3.74 Å². The molecule has 20 heavy (non-hydrogen) atoms. The summed E-state index contributed by atoms with van der Waals surface area (Å²) in [5, 5.41) is 0. The molecule has 1 heterocycles. The molecule has 0 amide bonds. The zero-order valence-electron chi connectivity index (χ0n) is 10.5. The minimum atomic E-state index is -4.39. The van der Waals surface area contributed by atoms with Crippen LogP contribution in [0.1, 0.15) is 31.2 Å². The van der Waals surface area contributed by atoms with Gasteiger partial charge in [0.15, 0.2) is 9.80 Å². The van der Waals surface area contributed by atoms with Gasteiger partial charge in [-0.15, -0.1) is 0 Å². The van der Waals surface area contributed by atoms with Crippen LogP contribution in [0.15, 0.2) is 35.9 Å². The van der Waals surface area contributed by atoms with Crippen molar-refractivity contribution in [3.8, 4) is 0 Å². The molecule has 1 fully saturated rings. The van der Waals surface area contributed by atoms with Crippen molar-refractivity contribution in [2.24, 2.45) is 0 Å². The maximum atomic E-state index is 10.9. The summed E-state index contributed by atoms with van der Waals surface area (Å²) < 4.78 is 37.3. The van der Waals surface area contributed by atoms with E-state index in [0.29, 0.717) is 0 Å². The highest BCUT2D eigenvalue weighted by atomic mass is 35.7. The molecule has 0 N–H and O–H groups in total. The van der Waals surface area contributed by atoms with Gasteiger partial charge in [0.2, 0.25) is 0 Å². The maximum Gasteiger partial charge on any atom is 0.175 e. The second kappa shape index (κ2) is 5.81. The fourth-order valence-electron chi connectivity index (χ4n) is 2.41. The van der Waals surface area contributed by atoms with Gasteiger partial charge in [0, 0.05) is 9.77 Å². The van der Waals surface area contributed by atoms with Gasteiger partial charge in [0.05, 0.1) is 10.2 Å². The highest BCUT2D eigenvalue weighted by Gasteiger charge is 2.36. The molecule has 3 rings (SSSR count). The second-order valence-corrected chi connectivity index (χ2v) is 8.77. The average molecular weight is 333 g/mol. The van der Waals surface area contributed by atoms with E-state index in [9.17, 15) is 14.0 Å². The van der Waals surface area contributed by atoms with Crippen molar-refractivity contribution in [1.29, 1.82) is 0 Å². The van der Waals surface area contributed by atoms with Crippen LogP contribution in [-0.2, 0) is 3.74 Å². The number of hydrogen-bond acceptors (Lipinski definition) is 5. The van der Waals surface area contributed by atoms with Crippen LogP contribution in [-0.4, -0.2) is 4.86 Å². The lowest BCUT2D eigenvalue weighted by atomic mass is 9.93. The van der Waals surface area contributed by atoms with Crippen LogP contribution in [0.3, 0.4) is 0 Å². The lowest BCUT2D eigenvalue weighted by molar-refractivity contribution is -1.91. The molecule has 1 aromatic carbocycles. The van der Waals surface area contributed by atoms with E-state index in [2.05, 4.69) is 0 Å². The van der Waals surface area contributed by atoms with E-state index >= 15 is 0 Å². The Morgan fingerprint density at radius 3 is 2.45 bits per heavy atom. The summed E-state index contributed by atoms with van der Waals surface area (Å²) in [6.07, 6.45) is 3.85. The SMILES string of the molecule is [O-][Cl+3]([O-])([O-])OS1=C2CCCCC2=C(c2ccccc2)S1. The van der Waals surface area contributed by atoms with Crippen molar-refractivity contribution in [2.75, 3.05) is 0 Å². The highest BCUT2D eigenvalue weighted by molar-refractivity contribution is 8.85. The Morgan fingerprint density at radius 1 is 1.05 bits per heavy atom. The van der Waals surface area contributed by atoms with Gasteiger partial charge < -0.3 is 0 Å². The van der Waals surface area contributed by atoms with Crippen LogP contribution >= 0.6 is 20.6 Å². The Bertz CT molecular complexity index is 578. The molecule has 108 valence electrons. The minimum absolute atomic E-state index is 0.812. The highest BCUT2D eigenvalue weighted by Crippen LogP contribution is 2.56. The summed E-state index contributed by atoms with van der Waals surface area (Å²) >= 11 is 0. The quantitative estimate of drug-likeness (QED) is 0.607. The van der Waals surface area contributed by atoms with E-state index in [1.807, 2.05) is 30.3 Å². The first-order chi connectivity index (χ1) is 9.54. The van der Waals surface area contributed by atoms with Crippen molar-refractivity contribution in [3.63, 3.8) is 0 Å². The molecule has 0 radical (unpaired) electrons. The van der Waals surface area contributed by atoms with Gasteiger partial charge in [-0.2, -0.15) is 14.0 Å². The summed E-state index contributed by atoms with van der Waals surface area (Å²) in [7, 11) is -4.03. The fourth-order valence-corrected chi connectivity index (χ4v) is 7.67.